The number of unbranched alkanes of at least 4 members (excludes halogenated alkanes) is 5. The van der Waals surface area contributed by atoms with E-state index < -0.39 is 5.97 Å². The van der Waals surface area contributed by atoms with Crippen molar-refractivity contribution in [3.8, 4) is 6.07 Å². The minimum Gasteiger partial charge on any atom is -0.462 e. The first kappa shape index (κ1) is 17.1. The van der Waals surface area contributed by atoms with Crippen LogP contribution in [0.25, 0.3) is 0 Å². The molecule has 0 radical (unpaired) electrons. The van der Waals surface area contributed by atoms with Gasteiger partial charge in [0.2, 0.25) is 0 Å². The third-order valence-electron chi connectivity index (χ3n) is 2.43. The first-order valence-corrected chi connectivity index (χ1v) is 7.70. The molecule has 0 aliphatic rings. The third-order valence-corrected chi connectivity index (χ3v) is 3.36. The Labute approximate surface area is 115 Å². The molecule has 0 aromatic heterocycles. The van der Waals surface area contributed by atoms with Crippen LogP contribution >= 0.6 is 11.8 Å². The van der Waals surface area contributed by atoms with Gasteiger partial charge in [0, 0.05) is 0 Å². The summed E-state index contributed by atoms with van der Waals surface area (Å²) in [5.41, 5.74) is 0.104. The van der Waals surface area contributed by atoms with Crippen molar-refractivity contribution in [1.82, 2.24) is 0 Å². The minimum atomic E-state index is -0.518. The molecule has 0 fully saturated rings. The average molecular weight is 269 g/mol. The molecular weight excluding hydrogens is 246 g/mol. The van der Waals surface area contributed by atoms with Gasteiger partial charge in [-0.05, 0) is 24.5 Å². The molecule has 0 N–H and O–H groups in total. The molecule has 3 nitrogen and oxygen atoms in total. The summed E-state index contributed by atoms with van der Waals surface area (Å²) in [6.07, 6.45) is 7.52. The van der Waals surface area contributed by atoms with Gasteiger partial charge in [0.1, 0.15) is 11.6 Å². The van der Waals surface area contributed by atoms with Crippen LogP contribution in [0.3, 0.4) is 0 Å². The highest BCUT2D eigenvalue weighted by Gasteiger charge is 2.08. The first-order valence-electron chi connectivity index (χ1n) is 6.65. The fraction of sp³-hybridized carbons (Fsp3) is 0.714. The molecule has 0 bridgehead atoms. The van der Waals surface area contributed by atoms with Crippen LogP contribution in [0, 0.1) is 11.3 Å². The zero-order chi connectivity index (χ0) is 13.6. The summed E-state index contributed by atoms with van der Waals surface area (Å²) in [5.74, 6) is 0.437. The van der Waals surface area contributed by atoms with Gasteiger partial charge in [-0.25, -0.2) is 4.79 Å². The monoisotopic (exact) mass is 269 g/mol. The van der Waals surface area contributed by atoms with E-state index in [0.29, 0.717) is 6.61 Å². The van der Waals surface area contributed by atoms with E-state index >= 15 is 0 Å². The zero-order valence-corrected chi connectivity index (χ0v) is 12.2. The van der Waals surface area contributed by atoms with Gasteiger partial charge in [-0.2, -0.15) is 5.26 Å². The maximum Gasteiger partial charge on any atom is 0.349 e. The molecule has 0 atom stereocenters. The molecule has 0 unspecified atom stereocenters. The van der Waals surface area contributed by atoms with Crippen LogP contribution < -0.4 is 0 Å². The number of esters is 1. The highest BCUT2D eigenvalue weighted by molar-refractivity contribution is 8.02. The normalized spacial score (nSPS) is 11.1. The maximum atomic E-state index is 11.3. The molecule has 0 rings (SSSR count). The summed E-state index contributed by atoms with van der Waals surface area (Å²) >= 11 is 1.52. The number of ether oxygens (including phenoxy) is 1. The van der Waals surface area contributed by atoms with E-state index in [1.54, 1.807) is 12.3 Å². The number of hydrogen-bond acceptors (Lipinski definition) is 4. The van der Waals surface area contributed by atoms with Gasteiger partial charge < -0.3 is 4.74 Å². The van der Waals surface area contributed by atoms with Gasteiger partial charge in [-0.3, -0.25) is 0 Å². The molecule has 102 valence electrons. The topological polar surface area (TPSA) is 50.1 Å². The highest BCUT2D eigenvalue weighted by Crippen LogP contribution is 2.13. The Balaban J connectivity index is 3.66. The van der Waals surface area contributed by atoms with Gasteiger partial charge in [0.25, 0.3) is 0 Å². The quantitative estimate of drug-likeness (QED) is 0.260. The molecule has 0 spiro atoms. The lowest BCUT2D eigenvalue weighted by molar-refractivity contribution is -0.137. The molecule has 0 saturated heterocycles. The van der Waals surface area contributed by atoms with Crippen molar-refractivity contribution in [2.45, 2.75) is 52.4 Å². The van der Waals surface area contributed by atoms with Gasteiger partial charge in [0.05, 0.1) is 6.61 Å². The second-order valence-electron chi connectivity index (χ2n) is 4.00. The Morgan fingerprint density at radius 1 is 1.22 bits per heavy atom. The van der Waals surface area contributed by atoms with E-state index in [-0.39, 0.29) is 5.57 Å². The third kappa shape index (κ3) is 9.12. The van der Waals surface area contributed by atoms with Crippen molar-refractivity contribution in [3.63, 3.8) is 0 Å². The van der Waals surface area contributed by atoms with Crippen LogP contribution in [0.2, 0.25) is 0 Å². The average Bonchev–Trinajstić information content (AvgIpc) is 2.37. The van der Waals surface area contributed by atoms with Gasteiger partial charge in [0.15, 0.2) is 0 Å². The number of carbonyl (C=O) groups excluding carboxylic acids is 1. The van der Waals surface area contributed by atoms with E-state index in [2.05, 4.69) is 6.92 Å². The Hall–Kier alpha value is -0.950. The molecule has 0 aromatic carbocycles. The fourth-order valence-corrected chi connectivity index (χ4v) is 2.24. The standard InChI is InChI=1S/C14H23NO2S/c1-3-5-6-7-8-9-10-18-12-13(11-15)14(16)17-4-2/h12H,3-10H2,1-2H3. The number of carbonyl (C=O) groups is 1. The van der Waals surface area contributed by atoms with E-state index in [1.807, 2.05) is 6.07 Å². The van der Waals surface area contributed by atoms with Gasteiger partial charge in [-0.1, -0.05) is 39.0 Å². The number of nitriles is 1. The van der Waals surface area contributed by atoms with Gasteiger partial charge >= 0.3 is 5.97 Å². The van der Waals surface area contributed by atoms with Crippen LogP contribution in [0.1, 0.15) is 52.4 Å². The smallest absolute Gasteiger partial charge is 0.349 e. The minimum absolute atomic E-state index is 0.104. The van der Waals surface area contributed by atoms with Crippen LogP contribution in [0.5, 0.6) is 0 Å². The second kappa shape index (κ2) is 12.5. The second-order valence-corrected chi connectivity index (χ2v) is 4.98. The van der Waals surface area contributed by atoms with E-state index in [9.17, 15) is 4.79 Å². The predicted octanol–water partition coefficient (Wildman–Crippen LogP) is 4.05. The molecule has 0 aliphatic heterocycles. The number of nitrogens with zero attached hydrogens (tertiary/aromatic N) is 1. The molecule has 0 heterocycles. The van der Waals surface area contributed by atoms with Crippen molar-refractivity contribution in [2.75, 3.05) is 12.4 Å². The Kier molecular flexibility index (Phi) is 11.8. The summed E-state index contributed by atoms with van der Waals surface area (Å²) < 4.78 is 4.77. The van der Waals surface area contributed by atoms with Crippen molar-refractivity contribution < 1.29 is 9.53 Å². The number of hydrogen-bond donors (Lipinski definition) is 0. The molecule has 18 heavy (non-hydrogen) atoms. The van der Waals surface area contributed by atoms with Crippen LogP contribution in [-0.4, -0.2) is 18.3 Å². The molecule has 0 aliphatic carbocycles. The van der Waals surface area contributed by atoms with E-state index in [4.69, 9.17) is 10.00 Å². The molecular formula is C14H23NO2S. The molecule has 4 heteroatoms. The lowest BCUT2D eigenvalue weighted by Gasteiger charge is -2.00. The molecule has 0 amide bonds. The van der Waals surface area contributed by atoms with Crippen LogP contribution in [0.4, 0.5) is 0 Å². The van der Waals surface area contributed by atoms with Crippen molar-refractivity contribution in [3.05, 3.63) is 11.0 Å². The summed E-state index contributed by atoms with van der Waals surface area (Å²) in [7, 11) is 0. The first-order chi connectivity index (χ1) is 8.76. The van der Waals surface area contributed by atoms with Crippen molar-refractivity contribution >= 4 is 17.7 Å². The zero-order valence-electron chi connectivity index (χ0n) is 11.4. The number of rotatable bonds is 10. The largest absolute Gasteiger partial charge is 0.462 e. The lowest BCUT2D eigenvalue weighted by Crippen LogP contribution is -2.05. The summed E-state index contributed by atoms with van der Waals surface area (Å²) in [5, 5.41) is 10.4. The summed E-state index contributed by atoms with van der Waals surface area (Å²) in [6, 6.07) is 1.87. The summed E-state index contributed by atoms with van der Waals surface area (Å²) in [6.45, 7) is 4.25. The van der Waals surface area contributed by atoms with Crippen LogP contribution in [-0.2, 0) is 9.53 Å². The molecule has 0 aromatic rings. The molecule has 0 saturated carbocycles. The highest BCUT2D eigenvalue weighted by atomic mass is 32.2. The number of thioether (sulfide) groups is 1. The Morgan fingerprint density at radius 2 is 1.89 bits per heavy atom. The van der Waals surface area contributed by atoms with E-state index in [0.717, 1.165) is 12.2 Å². The lowest BCUT2D eigenvalue weighted by atomic mass is 10.1. The van der Waals surface area contributed by atoms with E-state index in [1.165, 1.54) is 43.9 Å². The summed E-state index contributed by atoms with van der Waals surface area (Å²) in [4.78, 5) is 11.3. The fourth-order valence-electron chi connectivity index (χ4n) is 1.44. The Bertz CT molecular complexity index is 295. The maximum absolute atomic E-state index is 11.3. The van der Waals surface area contributed by atoms with Crippen molar-refractivity contribution in [1.29, 1.82) is 5.26 Å². The SMILES string of the molecule is CCCCCCCCSC=C(C#N)C(=O)OCC. The predicted molar refractivity (Wildman–Crippen MR) is 76.2 cm³/mol. The van der Waals surface area contributed by atoms with Crippen LogP contribution in [0.15, 0.2) is 11.0 Å². The Morgan fingerprint density at radius 3 is 2.50 bits per heavy atom. The van der Waals surface area contributed by atoms with Crippen molar-refractivity contribution in [2.24, 2.45) is 0 Å². The van der Waals surface area contributed by atoms with Gasteiger partial charge in [-0.15, -0.1) is 11.8 Å².